The molecule has 0 bridgehead atoms. The Hall–Kier alpha value is -1.32. The molecule has 114 valence electrons. The lowest BCUT2D eigenvalue weighted by Crippen LogP contribution is -2.22. The van der Waals surface area contributed by atoms with Crippen molar-refractivity contribution < 1.29 is 0 Å². The molecule has 0 aliphatic carbocycles. The van der Waals surface area contributed by atoms with Gasteiger partial charge in [0.05, 0.1) is 23.0 Å². The summed E-state index contributed by atoms with van der Waals surface area (Å²) < 4.78 is 2.02. The minimum atomic E-state index is 0.210. The van der Waals surface area contributed by atoms with Crippen molar-refractivity contribution in [3.05, 3.63) is 52.3 Å². The fourth-order valence-electron chi connectivity index (χ4n) is 2.70. The predicted molar refractivity (Wildman–Crippen MR) is 88.9 cm³/mol. The van der Waals surface area contributed by atoms with Crippen LogP contribution in [-0.2, 0) is 6.42 Å². The van der Waals surface area contributed by atoms with Gasteiger partial charge in [0, 0.05) is 6.04 Å². The van der Waals surface area contributed by atoms with Crippen molar-refractivity contribution in [3.8, 4) is 0 Å². The highest BCUT2D eigenvalue weighted by Crippen LogP contribution is 2.28. The SMILES string of the molecule is CNC(CCc1ccccc1C)c1c(Cl)cnn1C(C)C. The Morgan fingerprint density at radius 1 is 1.29 bits per heavy atom. The van der Waals surface area contributed by atoms with Gasteiger partial charge >= 0.3 is 0 Å². The summed E-state index contributed by atoms with van der Waals surface area (Å²) in [5.41, 5.74) is 3.82. The van der Waals surface area contributed by atoms with E-state index in [1.165, 1.54) is 11.1 Å². The maximum absolute atomic E-state index is 6.35. The number of halogens is 1. The summed E-state index contributed by atoms with van der Waals surface area (Å²) in [7, 11) is 1.98. The van der Waals surface area contributed by atoms with Gasteiger partial charge in [-0.2, -0.15) is 5.10 Å². The smallest absolute Gasteiger partial charge is 0.0834 e. The summed E-state index contributed by atoms with van der Waals surface area (Å²) >= 11 is 6.35. The monoisotopic (exact) mass is 305 g/mol. The summed E-state index contributed by atoms with van der Waals surface area (Å²) in [5.74, 6) is 0. The number of nitrogens with zero attached hydrogens (tertiary/aromatic N) is 2. The van der Waals surface area contributed by atoms with Crippen molar-refractivity contribution in [1.29, 1.82) is 0 Å². The van der Waals surface area contributed by atoms with E-state index >= 15 is 0 Å². The Morgan fingerprint density at radius 3 is 2.62 bits per heavy atom. The Labute approximate surface area is 132 Å². The maximum atomic E-state index is 6.35. The molecule has 0 amide bonds. The van der Waals surface area contributed by atoms with Crippen LogP contribution >= 0.6 is 11.6 Å². The van der Waals surface area contributed by atoms with Gasteiger partial charge in [0.25, 0.3) is 0 Å². The topological polar surface area (TPSA) is 29.9 Å². The van der Waals surface area contributed by atoms with Gasteiger partial charge in [-0.05, 0) is 51.8 Å². The third kappa shape index (κ3) is 3.66. The minimum absolute atomic E-state index is 0.210. The summed E-state index contributed by atoms with van der Waals surface area (Å²) in [6, 6.07) is 9.06. The molecule has 4 heteroatoms. The molecule has 0 aliphatic heterocycles. The molecule has 2 aromatic rings. The Kier molecular flexibility index (Phi) is 5.43. The average molecular weight is 306 g/mol. The number of aromatic nitrogens is 2. The highest BCUT2D eigenvalue weighted by atomic mass is 35.5. The Bertz CT molecular complexity index is 589. The number of rotatable bonds is 6. The van der Waals surface area contributed by atoms with E-state index in [1.54, 1.807) is 6.20 Å². The standard InChI is InChI=1S/C17H24ClN3/c1-12(2)21-17(15(18)11-20-21)16(19-4)10-9-14-8-6-5-7-13(14)3/h5-8,11-12,16,19H,9-10H2,1-4H3. The lowest BCUT2D eigenvalue weighted by Gasteiger charge is -2.21. The van der Waals surface area contributed by atoms with Crippen molar-refractivity contribution in [2.75, 3.05) is 7.05 Å². The summed E-state index contributed by atoms with van der Waals surface area (Å²) in [6.07, 6.45) is 3.77. The van der Waals surface area contributed by atoms with Gasteiger partial charge in [-0.25, -0.2) is 0 Å². The second-order valence-corrected chi connectivity index (χ2v) is 6.13. The van der Waals surface area contributed by atoms with E-state index in [0.29, 0.717) is 6.04 Å². The van der Waals surface area contributed by atoms with E-state index in [-0.39, 0.29) is 6.04 Å². The molecule has 0 spiro atoms. The van der Waals surface area contributed by atoms with Gasteiger partial charge in [0.2, 0.25) is 0 Å². The molecule has 0 radical (unpaired) electrons. The van der Waals surface area contributed by atoms with E-state index in [4.69, 9.17) is 11.6 Å². The number of benzene rings is 1. The van der Waals surface area contributed by atoms with Crippen molar-refractivity contribution >= 4 is 11.6 Å². The number of nitrogens with one attached hydrogen (secondary N) is 1. The molecular formula is C17H24ClN3. The van der Waals surface area contributed by atoms with Crippen LogP contribution in [-0.4, -0.2) is 16.8 Å². The second kappa shape index (κ2) is 7.10. The van der Waals surface area contributed by atoms with E-state index in [0.717, 1.165) is 23.6 Å². The molecule has 1 heterocycles. The molecule has 3 nitrogen and oxygen atoms in total. The molecular weight excluding hydrogens is 282 g/mol. The first-order valence-corrected chi connectivity index (χ1v) is 7.87. The zero-order chi connectivity index (χ0) is 15.4. The molecule has 1 unspecified atom stereocenters. The van der Waals surface area contributed by atoms with Crippen LogP contribution in [0.5, 0.6) is 0 Å². The normalized spacial score (nSPS) is 12.9. The summed E-state index contributed by atoms with van der Waals surface area (Å²) in [4.78, 5) is 0. The van der Waals surface area contributed by atoms with Gasteiger partial charge in [0.15, 0.2) is 0 Å². The Morgan fingerprint density at radius 2 is 2.00 bits per heavy atom. The molecule has 0 fully saturated rings. The van der Waals surface area contributed by atoms with Gasteiger partial charge in [-0.1, -0.05) is 35.9 Å². The molecule has 1 aromatic carbocycles. The number of hydrogen-bond acceptors (Lipinski definition) is 2. The van der Waals surface area contributed by atoms with E-state index in [2.05, 4.69) is 55.5 Å². The van der Waals surface area contributed by atoms with Crippen LogP contribution in [0.3, 0.4) is 0 Å². The largest absolute Gasteiger partial charge is 0.312 e. The highest BCUT2D eigenvalue weighted by molar-refractivity contribution is 6.31. The lowest BCUT2D eigenvalue weighted by molar-refractivity contribution is 0.447. The fourth-order valence-corrected chi connectivity index (χ4v) is 2.96. The van der Waals surface area contributed by atoms with Crippen LogP contribution in [0.4, 0.5) is 0 Å². The molecule has 21 heavy (non-hydrogen) atoms. The van der Waals surface area contributed by atoms with Gasteiger partial charge in [0.1, 0.15) is 0 Å². The zero-order valence-electron chi connectivity index (χ0n) is 13.2. The maximum Gasteiger partial charge on any atom is 0.0834 e. The van der Waals surface area contributed by atoms with Crippen LogP contribution in [0.15, 0.2) is 30.5 Å². The van der Waals surface area contributed by atoms with Gasteiger partial charge in [-0.15, -0.1) is 0 Å². The first-order chi connectivity index (χ1) is 10.0. The molecule has 1 atom stereocenters. The van der Waals surface area contributed by atoms with Crippen molar-refractivity contribution in [3.63, 3.8) is 0 Å². The van der Waals surface area contributed by atoms with E-state index < -0.39 is 0 Å². The minimum Gasteiger partial charge on any atom is -0.312 e. The van der Waals surface area contributed by atoms with Crippen molar-refractivity contribution in [2.45, 2.75) is 45.7 Å². The van der Waals surface area contributed by atoms with E-state index in [1.807, 2.05) is 11.7 Å². The average Bonchev–Trinajstić information content (AvgIpc) is 2.84. The molecule has 1 aromatic heterocycles. The Balaban J connectivity index is 2.17. The summed E-state index contributed by atoms with van der Waals surface area (Å²) in [6.45, 7) is 6.41. The predicted octanol–water partition coefficient (Wildman–Crippen LogP) is 4.32. The van der Waals surface area contributed by atoms with E-state index in [9.17, 15) is 0 Å². The van der Waals surface area contributed by atoms with Crippen LogP contribution in [0.1, 0.15) is 49.2 Å². The summed E-state index contributed by atoms with van der Waals surface area (Å²) in [5, 5.41) is 8.53. The molecule has 0 aliphatic rings. The third-order valence-corrected chi connectivity index (χ3v) is 4.21. The number of hydrogen-bond donors (Lipinski definition) is 1. The zero-order valence-corrected chi connectivity index (χ0v) is 14.0. The highest BCUT2D eigenvalue weighted by Gasteiger charge is 2.20. The molecule has 2 rings (SSSR count). The van der Waals surface area contributed by atoms with Gasteiger partial charge in [-0.3, -0.25) is 4.68 Å². The van der Waals surface area contributed by atoms with Crippen LogP contribution in [0, 0.1) is 6.92 Å². The first kappa shape index (κ1) is 16.1. The molecule has 1 N–H and O–H groups in total. The lowest BCUT2D eigenvalue weighted by atomic mass is 9.99. The molecule has 0 saturated carbocycles. The fraction of sp³-hybridized carbons (Fsp3) is 0.471. The van der Waals surface area contributed by atoms with Crippen molar-refractivity contribution in [2.24, 2.45) is 0 Å². The van der Waals surface area contributed by atoms with Crippen molar-refractivity contribution in [1.82, 2.24) is 15.1 Å². The molecule has 0 saturated heterocycles. The number of aryl methyl sites for hydroxylation is 2. The van der Waals surface area contributed by atoms with Gasteiger partial charge < -0.3 is 5.32 Å². The quantitative estimate of drug-likeness (QED) is 0.861. The first-order valence-electron chi connectivity index (χ1n) is 7.49. The van der Waals surface area contributed by atoms with Crippen LogP contribution < -0.4 is 5.32 Å². The van der Waals surface area contributed by atoms with Crippen LogP contribution in [0.25, 0.3) is 0 Å². The van der Waals surface area contributed by atoms with Crippen LogP contribution in [0.2, 0.25) is 5.02 Å². The third-order valence-electron chi connectivity index (χ3n) is 3.92. The second-order valence-electron chi connectivity index (χ2n) is 5.72.